The summed E-state index contributed by atoms with van der Waals surface area (Å²) in [4.78, 5) is 4.92. The molecule has 2 atom stereocenters. The van der Waals surface area contributed by atoms with Gasteiger partial charge in [-0.1, -0.05) is 37.3 Å². The third-order valence-electron chi connectivity index (χ3n) is 4.12. The molecule has 0 aromatic heterocycles. The minimum Gasteiger partial charge on any atom is -0.387 e. The molecule has 1 aromatic rings. The van der Waals surface area contributed by atoms with E-state index >= 15 is 0 Å². The molecule has 0 aliphatic carbocycles. The highest BCUT2D eigenvalue weighted by Crippen LogP contribution is 2.21. The Kier molecular flexibility index (Phi) is 5.37. The summed E-state index contributed by atoms with van der Waals surface area (Å²) >= 11 is 0. The van der Waals surface area contributed by atoms with Gasteiger partial charge in [0.25, 0.3) is 0 Å². The zero-order valence-corrected chi connectivity index (χ0v) is 12.1. The van der Waals surface area contributed by atoms with Crippen molar-refractivity contribution in [2.24, 2.45) is 0 Å². The quantitative estimate of drug-likeness (QED) is 0.880. The van der Waals surface area contributed by atoms with Gasteiger partial charge in [0.2, 0.25) is 0 Å². The Labute approximate surface area is 116 Å². The molecule has 1 fully saturated rings. The fourth-order valence-electron chi connectivity index (χ4n) is 2.84. The molecular weight excluding hydrogens is 236 g/mol. The van der Waals surface area contributed by atoms with Crippen molar-refractivity contribution in [3.05, 3.63) is 35.9 Å². The Bertz CT molecular complexity index is 360. The van der Waals surface area contributed by atoms with Crippen LogP contribution < -0.4 is 0 Å². The largest absolute Gasteiger partial charge is 0.387 e. The second kappa shape index (κ2) is 7.04. The van der Waals surface area contributed by atoms with E-state index in [2.05, 4.69) is 23.6 Å². The Balaban J connectivity index is 1.89. The van der Waals surface area contributed by atoms with Crippen LogP contribution in [0.5, 0.6) is 0 Å². The van der Waals surface area contributed by atoms with Crippen LogP contribution >= 0.6 is 0 Å². The Morgan fingerprint density at radius 1 is 1.11 bits per heavy atom. The highest BCUT2D eigenvalue weighted by atomic mass is 16.3. The molecule has 106 valence electrons. The second-order valence-corrected chi connectivity index (χ2v) is 5.47. The van der Waals surface area contributed by atoms with Gasteiger partial charge in [0.05, 0.1) is 6.10 Å². The van der Waals surface area contributed by atoms with Crippen LogP contribution in [0.25, 0.3) is 0 Å². The first kappa shape index (κ1) is 14.5. The van der Waals surface area contributed by atoms with Gasteiger partial charge in [0.15, 0.2) is 0 Å². The normalized spacial score (nSPS) is 21.2. The number of aliphatic hydroxyl groups excluding tert-OH is 1. The number of piperazine rings is 1. The maximum Gasteiger partial charge on any atom is 0.0942 e. The molecule has 0 radical (unpaired) electrons. The van der Waals surface area contributed by atoms with Gasteiger partial charge in [-0.3, -0.25) is 4.90 Å². The summed E-state index contributed by atoms with van der Waals surface area (Å²) in [5.41, 5.74) is 1.02. The summed E-state index contributed by atoms with van der Waals surface area (Å²) in [6, 6.07) is 10.2. The first-order chi connectivity index (χ1) is 9.22. The van der Waals surface area contributed by atoms with Crippen molar-refractivity contribution >= 4 is 0 Å². The summed E-state index contributed by atoms with van der Waals surface area (Å²) < 4.78 is 0. The van der Waals surface area contributed by atoms with Gasteiger partial charge in [-0.15, -0.1) is 0 Å². The van der Waals surface area contributed by atoms with E-state index in [4.69, 9.17) is 0 Å². The standard InChI is InChI=1S/C16H26N2O/c1-3-9-17-10-12-18(13-11-17)14(2)16(19)15-7-5-4-6-8-15/h4-8,14,16,19H,3,9-13H2,1-2H3. The van der Waals surface area contributed by atoms with Crippen LogP contribution in [0.2, 0.25) is 0 Å². The molecule has 2 rings (SSSR count). The summed E-state index contributed by atoms with van der Waals surface area (Å²) in [5.74, 6) is 0. The van der Waals surface area contributed by atoms with Crippen molar-refractivity contribution in [2.75, 3.05) is 32.7 Å². The highest BCUT2D eigenvalue weighted by Gasteiger charge is 2.26. The molecule has 0 amide bonds. The Morgan fingerprint density at radius 2 is 1.74 bits per heavy atom. The Morgan fingerprint density at radius 3 is 2.32 bits per heavy atom. The lowest BCUT2D eigenvalue weighted by molar-refractivity contribution is 0.0263. The average molecular weight is 262 g/mol. The second-order valence-electron chi connectivity index (χ2n) is 5.47. The number of rotatable bonds is 5. The van der Waals surface area contributed by atoms with Crippen LogP contribution in [0.4, 0.5) is 0 Å². The van der Waals surface area contributed by atoms with Crippen molar-refractivity contribution in [2.45, 2.75) is 32.4 Å². The smallest absolute Gasteiger partial charge is 0.0942 e. The molecule has 2 unspecified atom stereocenters. The summed E-state index contributed by atoms with van der Waals surface area (Å²) in [7, 11) is 0. The van der Waals surface area contributed by atoms with Gasteiger partial charge in [-0.2, -0.15) is 0 Å². The van der Waals surface area contributed by atoms with Gasteiger partial charge in [0.1, 0.15) is 0 Å². The monoisotopic (exact) mass is 262 g/mol. The molecule has 3 heteroatoms. The number of benzene rings is 1. The van der Waals surface area contributed by atoms with Crippen LogP contribution in [0.1, 0.15) is 31.9 Å². The SMILES string of the molecule is CCCN1CCN(C(C)C(O)c2ccccc2)CC1. The Hall–Kier alpha value is -0.900. The fraction of sp³-hybridized carbons (Fsp3) is 0.625. The molecule has 0 saturated carbocycles. The topological polar surface area (TPSA) is 26.7 Å². The lowest BCUT2D eigenvalue weighted by Gasteiger charge is -2.39. The van der Waals surface area contributed by atoms with E-state index in [0.29, 0.717) is 0 Å². The zero-order chi connectivity index (χ0) is 13.7. The first-order valence-electron chi connectivity index (χ1n) is 7.41. The van der Waals surface area contributed by atoms with Gasteiger partial charge in [-0.25, -0.2) is 0 Å². The minimum absolute atomic E-state index is 0.186. The summed E-state index contributed by atoms with van der Waals surface area (Å²) in [5, 5.41) is 10.5. The van der Waals surface area contributed by atoms with E-state index in [1.54, 1.807) is 0 Å². The van der Waals surface area contributed by atoms with Gasteiger partial charge < -0.3 is 10.0 Å². The van der Waals surface area contributed by atoms with Crippen LogP contribution in [-0.4, -0.2) is 53.7 Å². The number of nitrogens with zero attached hydrogens (tertiary/aromatic N) is 2. The number of hydrogen-bond acceptors (Lipinski definition) is 3. The molecule has 1 saturated heterocycles. The predicted molar refractivity (Wildman–Crippen MR) is 79.2 cm³/mol. The van der Waals surface area contributed by atoms with Gasteiger partial charge in [-0.05, 0) is 25.5 Å². The molecule has 0 spiro atoms. The van der Waals surface area contributed by atoms with Crippen molar-refractivity contribution in [1.82, 2.24) is 9.80 Å². The van der Waals surface area contributed by atoms with Crippen LogP contribution in [0.3, 0.4) is 0 Å². The zero-order valence-electron chi connectivity index (χ0n) is 12.1. The van der Waals surface area contributed by atoms with Crippen molar-refractivity contribution in [1.29, 1.82) is 0 Å². The lowest BCUT2D eigenvalue weighted by Crippen LogP contribution is -2.51. The van der Waals surface area contributed by atoms with Gasteiger partial charge >= 0.3 is 0 Å². The molecule has 3 nitrogen and oxygen atoms in total. The molecular formula is C16H26N2O. The number of hydrogen-bond donors (Lipinski definition) is 1. The molecule has 1 heterocycles. The van der Waals surface area contributed by atoms with E-state index < -0.39 is 0 Å². The molecule has 1 aliphatic heterocycles. The highest BCUT2D eigenvalue weighted by molar-refractivity contribution is 5.18. The molecule has 19 heavy (non-hydrogen) atoms. The van der Waals surface area contributed by atoms with Crippen LogP contribution in [0, 0.1) is 0 Å². The average Bonchev–Trinajstić information content (AvgIpc) is 2.48. The maximum atomic E-state index is 10.5. The van der Waals surface area contributed by atoms with Crippen LogP contribution in [0.15, 0.2) is 30.3 Å². The van der Waals surface area contributed by atoms with E-state index in [-0.39, 0.29) is 12.1 Å². The van der Waals surface area contributed by atoms with Crippen molar-refractivity contribution < 1.29 is 5.11 Å². The van der Waals surface area contributed by atoms with Crippen LogP contribution in [-0.2, 0) is 0 Å². The van der Waals surface area contributed by atoms with Crippen molar-refractivity contribution in [3.63, 3.8) is 0 Å². The first-order valence-corrected chi connectivity index (χ1v) is 7.41. The summed E-state index contributed by atoms with van der Waals surface area (Å²) in [6.07, 6.45) is 0.835. The molecule has 0 bridgehead atoms. The third-order valence-corrected chi connectivity index (χ3v) is 4.12. The predicted octanol–water partition coefficient (Wildman–Crippen LogP) is 2.14. The van der Waals surface area contributed by atoms with Gasteiger partial charge in [0, 0.05) is 32.2 Å². The third kappa shape index (κ3) is 3.78. The lowest BCUT2D eigenvalue weighted by atomic mass is 10.0. The summed E-state index contributed by atoms with van der Waals surface area (Å²) in [6.45, 7) is 9.93. The minimum atomic E-state index is -0.390. The maximum absolute atomic E-state index is 10.5. The molecule has 1 aliphatic rings. The van der Waals surface area contributed by atoms with Crippen molar-refractivity contribution in [3.8, 4) is 0 Å². The van der Waals surface area contributed by atoms with E-state index in [1.807, 2.05) is 30.3 Å². The van der Waals surface area contributed by atoms with E-state index in [0.717, 1.165) is 31.7 Å². The van der Waals surface area contributed by atoms with E-state index in [9.17, 15) is 5.11 Å². The van der Waals surface area contributed by atoms with E-state index in [1.165, 1.54) is 13.0 Å². The fourth-order valence-corrected chi connectivity index (χ4v) is 2.84. The molecule has 1 N–H and O–H groups in total. The molecule has 1 aromatic carbocycles. The number of aliphatic hydroxyl groups is 1.